The van der Waals surface area contributed by atoms with Crippen LogP contribution in [-0.2, 0) is 4.79 Å². The van der Waals surface area contributed by atoms with Gasteiger partial charge in [0.2, 0.25) is 0 Å². The number of aliphatic carboxylic acids is 1. The zero-order chi connectivity index (χ0) is 19.6. The number of aliphatic hydroxyl groups excluding tert-OH is 2. The van der Waals surface area contributed by atoms with E-state index in [4.69, 9.17) is 5.11 Å². The van der Waals surface area contributed by atoms with Crippen molar-refractivity contribution < 1.29 is 25.2 Å². The summed E-state index contributed by atoms with van der Waals surface area (Å²) in [5.41, 5.74) is -0.889. The predicted octanol–water partition coefficient (Wildman–Crippen LogP) is 3.43. The Morgan fingerprint density at radius 2 is 1.88 bits per heavy atom. The van der Waals surface area contributed by atoms with E-state index >= 15 is 0 Å². The lowest BCUT2D eigenvalue weighted by atomic mass is 9.88. The zero-order valence-corrected chi connectivity index (χ0v) is 16.2. The standard InChI is InChI=1S/C21H36O5/c1-3-4-9-13-21(2,26)14-12-17-16(18(22)15-19(17)23)10-7-5-6-8-11-20(24)25/h5,7,12,14,16-19,22-23,26H,3-4,6,8-11,13,15H2,1-2H3,(H,24,25)/t16-,17-,18?,19?,21?/m1/s1. The summed E-state index contributed by atoms with van der Waals surface area (Å²) in [7, 11) is 0. The maximum atomic E-state index is 10.5. The number of hydrogen-bond acceptors (Lipinski definition) is 4. The van der Waals surface area contributed by atoms with Crippen LogP contribution in [0.4, 0.5) is 0 Å². The molecule has 0 amide bonds. The Morgan fingerprint density at radius 3 is 2.54 bits per heavy atom. The summed E-state index contributed by atoms with van der Waals surface area (Å²) in [6.45, 7) is 3.91. The predicted molar refractivity (Wildman–Crippen MR) is 103 cm³/mol. The summed E-state index contributed by atoms with van der Waals surface area (Å²) in [6, 6.07) is 0. The quantitative estimate of drug-likeness (QED) is 0.312. The second-order valence-electron chi connectivity index (χ2n) is 7.78. The van der Waals surface area contributed by atoms with Crippen molar-refractivity contribution in [3.63, 3.8) is 0 Å². The van der Waals surface area contributed by atoms with Gasteiger partial charge in [0.05, 0.1) is 17.8 Å². The molecule has 0 spiro atoms. The summed E-state index contributed by atoms with van der Waals surface area (Å²) in [4.78, 5) is 10.5. The fraction of sp³-hybridized carbons (Fsp3) is 0.762. The van der Waals surface area contributed by atoms with Crippen LogP contribution >= 0.6 is 0 Å². The molecular formula is C21H36O5. The van der Waals surface area contributed by atoms with Crippen LogP contribution in [0.5, 0.6) is 0 Å². The first-order valence-corrected chi connectivity index (χ1v) is 9.91. The molecular weight excluding hydrogens is 332 g/mol. The molecule has 5 heteroatoms. The molecule has 0 radical (unpaired) electrons. The second kappa shape index (κ2) is 11.5. The van der Waals surface area contributed by atoms with Crippen LogP contribution < -0.4 is 0 Å². The van der Waals surface area contributed by atoms with Gasteiger partial charge in [0.25, 0.3) is 0 Å². The summed E-state index contributed by atoms with van der Waals surface area (Å²) in [5, 5.41) is 39.6. The first-order valence-electron chi connectivity index (χ1n) is 9.91. The van der Waals surface area contributed by atoms with Crippen molar-refractivity contribution in [1.29, 1.82) is 0 Å². The van der Waals surface area contributed by atoms with Crippen molar-refractivity contribution in [2.24, 2.45) is 11.8 Å². The Morgan fingerprint density at radius 1 is 1.15 bits per heavy atom. The highest BCUT2D eigenvalue weighted by atomic mass is 16.4. The molecule has 1 rings (SSSR count). The average molecular weight is 369 g/mol. The van der Waals surface area contributed by atoms with E-state index in [9.17, 15) is 20.1 Å². The molecule has 4 N–H and O–H groups in total. The van der Waals surface area contributed by atoms with Crippen molar-refractivity contribution >= 4 is 5.97 Å². The minimum absolute atomic E-state index is 0.0802. The third-order valence-electron chi connectivity index (χ3n) is 5.22. The number of unbranched alkanes of at least 4 members (excludes halogenated alkanes) is 3. The molecule has 0 aromatic carbocycles. The minimum atomic E-state index is -0.889. The van der Waals surface area contributed by atoms with Gasteiger partial charge in [-0.15, -0.1) is 0 Å². The van der Waals surface area contributed by atoms with E-state index in [1.165, 1.54) is 0 Å². The average Bonchev–Trinajstić information content (AvgIpc) is 2.82. The molecule has 0 aromatic rings. The van der Waals surface area contributed by atoms with Crippen LogP contribution in [-0.4, -0.2) is 44.2 Å². The molecule has 1 aliphatic rings. The normalized spacial score (nSPS) is 28.8. The Kier molecular flexibility index (Phi) is 10.1. The third-order valence-corrected chi connectivity index (χ3v) is 5.22. The number of rotatable bonds is 12. The van der Waals surface area contributed by atoms with Gasteiger partial charge in [-0.1, -0.05) is 50.5 Å². The highest BCUT2D eigenvalue weighted by Crippen LogP contribution is 2.37. The van der Waals surface area contributed by atoms with Gasteiger partial charge < -0.3 is 20.4 Å². The van der Waals surface area contributed by atoms with E-state index in [1.54, 1.807) is 13.0 Å². The molecule has 1 aliphatic carbocycles. The maximum absolute atomic E-state index is 10.5. The maximum Gasteiger partial charge on any atom is 0.303 e. The van der Waals surface area contributed by atoms with Gasteiger partial charge in [0.15, 0.2) is 0 Å². The van der Waals surface area contributed by atoms with Gasteiger partial charge in [0, 0.05) is 18.8 Å². The van der Waals surface area contributed by atoms with E-state index in [-0.39, 0.29) is 18.3 Å². The van der Waals surface area contributed by atoms with Crippen LogP contribution in [0.15, 0.2) is 24.3 Å². The lowest BCUT2D eigenvalue weighted by Gasteiger charge is -2.23. The Bertz CT molecular complexity index is 469. The Labute approximate surface area is 157 Å². The summed E-state index contributed by atoms with van der Waals surface area (Å²) in [6.07, 6.45) is 12.7. The van der Waals surface area contributed by atoms with Crippen molar-refractivity contribution in [3.8, 4) is 0 Å². The summed E-state index contributed by atoms with van der Waals surface area (Å²) >= 11 is 0. The van der Waals surface area contributed by atoms with Crippen LogP contribution in [0.25, 0.3) is 0 Å². The third kappa shape index (κ3) is 8.47. The molecule has 5 nitrogen and oxygen atoms in total. The lowest BCUT2D eigenvalue weighted by molar-refractivity contribution is -0.137. The van der Waals surface area contributed by atoms with E-state index < -0.39 is 23.8 Å². The van der Waals surface area contributed by atoms with Gasteiger partial charge in [-0.25, -0.2) is 0 Å². The van der Waals surface area contributed by atoms with Gasteiger partial charge in [0.1, 0.15) is 0 Å². The molecule has 26 heavy (non-hydrogen) atoms. The molecule has 0 aromatic heterocycles. The van der Waals surface area contributed by atoms with E-state index in [1.807, 2.05) is 18.2 Å². The molecule has 1 fully saturated rings. The number of carbonyl (C=O) groups is 1. The highest BCUT2D eigenvalue weighted by Gasteiger charge is 2.39. The largest absolute Gasteiger partial charge is 0.481 e. The van der Waals surface area contributed by atoms with Gasteiger partial charge in [-0.05, 0) is 38.5 Å². The number of aliphatic hydroxyl groups is 3. The summed E-state index contributed by atoms with van der Waals surface area (Å²) in [5.74, 6) is -1.04. The van der Waals surface area contributed by atoms with Crippen molar-refractivity contribution in [2.45, 2.75) is 89.4 Å². The molecule has 150 valence electrons. The van der Waals surface area contributed by atoms with Gasteiger partial charge >= 0.3 is 5.97 Å². The zero-order valence-electron chi connectivity index (χ0n) is 16.2. The van der Waals surface area contributed by atoms with Crippen molar-refractivity contribution in [2.75, 3.05) is 0 Å². The van der Waals surface area contributed by atoms with Gasteiger partial charge in [-0.2, -0.15) is 0 Å². The molecule has 0 heterocycles. The fourth-order valence-corrected chi connectivity index (χ4v) is 3.58. The lowest BCUT2D eigenvalue weighted by Crippen LogP contribution is -2.24. The Balaban J connectivity index is 2.56. The van der Waals surface area contributed by atoms with Crippen LogP contribution in [0.2, 0.25) is 0 Å². The molecule has 3 unspecified atom stereocenters. The number of allylic oxidation sites excluding steroid dienone is 2. The number of hydrogen-bond donors (Lipinski definition) is 4. The number of carboxylic acid groups (broad SMARTS) is 1. The molecule has 0 saturated heterocycles. The Hall–Kier alpha value is -1.17. The molecule has 5 atom stereocenters. The smallest absolute Gasteiger partial charge is 0.303 e. The SMILES string of the molecule is CCCCCC(C)(O)C=C[C@H]1C(O)CC(O)[C@@H]1CC=CCCCC(=O)O. The van der Waals surface area contributed by atoms with Crippen molar-refractivity contribution in [3.05, 3.63) is 24.3 Å². The first kappa shape index (κ1) is 22.9. The van der Waals surface area contributed by atoms with E-state index in [2.05, 4.69) is 6.92 Å². The van der Waals surface area contributed by atoms with Gasteiger partial charge in [-0.3, -0.25) is 4.79 Å². The number of carboxylic acids is 1. The highest BCUT2D eigenvalue weighted by molar-refractivity contribution is 5.66. The van der Waals surface area contributed by atoms with Crippen molar-refractivity contribution in [1.82, 2.24) is 0 Å². The van der Waals surface area contributed by atoms with E-state index in [0.29, 0.717) is 32.1 Å². The minimum Gasteiger partial charge on any atom is -0.481 e. The van der Waals surface area contributed by atoms with E-state index in [0.717, 1.165) is 19.3 Å². The topological polar surface area (TPSA) is 98.0 Å². The molecule has 0 aliphatic heterocycles. The first-order chi connectivity index (χ1) is 12.3. The molecule has 0 bridgehead atoms. The fourth-order valence-electron chi connectivity index (χ4n) is 3.58. The summed E-state index contributed by atoms with van der Waals surface area (Å²) < 4.78 is 0. The second-order valence-corrected chi connectivity index (χ2v) is 7.78. The van der Waals surface area contributed by atoms with Crippen LogP contribution in [0.1, 0.15) is 71.6 Å². The van der Waals surface area contributed by atoms with Crippen LogP contribution in [0, 0.1) is 11.8 Å². The molecule has 1 saturated carbocycles. The monoisotopic (exact) mass is 368 g/mol. The van der Waals surface area contributed by atoms with Crippen LogP contribution in [0.3, 0.4) is 0 Å².